The molecule has 0 aromatic carbocycles. The van der Waals surface area contributed by atoms with Crippen molar-refractivity contribution in [3.8, 4) is 0 Å². The Balaban J connectivity index is 2.82. The molecule has 12 heavy (non-hydrogen) atoms. The van der Waals surface area contributed by atoms with Crippen LogP contribution in [0, 0.1) is 0 Å². The van der Waals surface area contributed by atoms with Crippen molar-refractivity contribution >= 4 is 11.6 Å². The molecule has 0 saturated heterocycles. The first-order chi connectivity index (χ1) is 5.79. The third-order valence-corrected chi connectivity index (χ3v) is 1.53. The lowest BCUT2D eigenvalue weighted by Gasteiger charge is -1.95. The molecule has 5 nitrogen and oxygen atoms in total. The Morgan fingerprint density at radius 3 is 3.08 bits per heavy atom. The van der Waals surface area contributed by atoms with Crippen LogP contribution < -0.4 is 0 Å². The van der Waals surface area contributed by atoms with Crippen molar-refractivity contribution in [3.63, 3.8) is 0 Å². The van der Waals surface area contributed by atoms with Crippen molar-refractivity contribution in [1.82, 2.24) is 14.6 Å². The summed E-state index contributed by atoms with van der Waals surface area (Å²) < 4.78 is 1.42. The summed E-state index contributed by atoms with van der Waals surface area (Å²) in [4.78, 5) is 14.5. The molecule has 2 rings (SSSR count). The van der Waals surface area contributed by atoms with Crippen LogP contribution in [0.4, 0.5) is 0 Å². The normalized spacial score (nSPS) is 10.3. The van der Waals surface area contributed by atoms with Crippen molar-refractivity contribution in [3.05, 3.63) is 30.2 Å². The van der Waals surface area contributed by atoms with Crippen LogP contribution >= 0.6 is 0 Å². The summed E-state index contributed by atoms with van der Waals surface area (Å²) in [5.74, 6) is -0.992. The minimum absolute atomic E-state index is 0.162. The number of hydrogen-bond acceptors (Lipinski definition) is 3. The summed E-state index contributed by atoms with van der Waals surface area (Å²) in [6.07, 6.45) is 4.54. The molecule has 2 aromatic rings. The molecule has 60 valence electrons. The first-order valence-corrected chi connectivity index (χ1v) is 3.30. The third-order valence-electron chi connectivity index (χ3n) is 1.53. The van der Waals surface area contributed by atoms with Gasteiger partial charge < -0.3 is 5.11 Å². The zero-order valence-corrected chi connectivity index (χ0v) is 6.01. The number of hydrogen-bond donors (Lipinski definition) is 1. The summed E-state index contributed by atoms with van der Waals surface area (Å²) in [5.41, 5.74) is 0.528. The molecule has 0 aliphatic heterocycles. The van der Waals surface area contributed by atoms with Gasteiger partial charge in [-0.2, -0.15) is 5.10 Å². The quantitative estimate of drug-likeness (QED) is 0.661. The average Bonchev–Trinajstić information content (AvgIpc) is 2.49. The van der Waals surface area contributed by atoms with Gasteiger partial charge in [0.25, 0.3) is 0 Å². The second kappa shape index (κ2) is 2.30. The molecule has 0 aliphatic rings. The van der Waals surface area contributed by atoms with Crippen LogP contribution in [0.1, 0.15) is 10.4 Å². The second-order valence-corrected chi connectivity index (χ2v) is 2.25. The highest BCUT2D eigenvalue weighted by Crippen LogP contribution is 2.05. The number of carboxylic acid groups (broad SMARTS) is 1. The van der Waals surface area contributed by atoms with Crippen LogP contribution in [0.5, 0.6) is 0 Å². The lowest BCUT2D eigenvalue weighted by molar-refractivity contribution is 0.0698. The van der Waals surface area contributed by atoms with Crippen LogP contribution in [0.15, 0.2) is 24.7 Å². The lowest BCUT2D eigenvalue weighted by Crippen LogP contribution is -2.01. The van der Waals surface area contributed by atoms with Gasteiger partial charge in [-0.05, 0) is 6.07 Å². The van der Waals surface area contributed by atoms with E-state index in [1.54, 1.807) is 6.20 Å². The first kappa shape index (κ1) is 6.78. The first-order valence-electron chi connectivity index (χ1n) is 3.30. The molecular weight excluding hydrogens is 158 g/mol. The molecule has 0 fully saturated rings. The van der Waals surface area contributed by atoms with Crippen molar-refractivity contribution < 1.29 is 9.90 Å². The number of aromatic nitrogens is 3. The third kappa shape index (κ3) is 0.833. The van der Waals surface area contributed by atoms with Crippen LogP contribution in [-0.2, 0) is 0 Å². The van der Waals surface area contributed by atoms with Gasteiger partial charge in [0.2, 0.25) is 0 Å². The maximum Gasteiger partial charge on any atom is 0.339 e. The molecule has 0 aliphatic carbocycles. The lowest BCUT2D eigenvalue weighted by atomic mass is 10.3. The van der Waals surface area contributed by atoms with Gasteiger partial charge in [-0.3, -0.25) is 0 Å². The SMILES string of the molecule is O=C(O)c1ccnn2ccnc12. The largest absolute Gasteiger partial charge is 0.478 e. The van der Waals surface area contributed by atoms with Gasteiger partial charge in [0.05, 0.1) is 0 Å². The topological polar surface area (TPSA) is 67.5 Å². The molecule has 0 atom stereocenters. The predicted octanol–water partition coefficient (Wildman–Crippen LogP) is 0.427. The number of carboxylic acids is 1. The highest BCUT2D eigenvalue weighted by Gasteiger charge is 2.08. The summed E-state index contributed by atoms with van der Waals surface area (Å²) >= 11 is 0. The maximum absolute atomic E-state index is 10.6. The van der Waals surface area contributed by atoms with E-state index in [4.69, 9.17) is 5.11 Å². The fraction of sp³-hybridized carbons (Fsp3) is 0. The molecule has 0 saturated carbocycles. The minimum atomic E-state index is -0.992. The fourth-order valence-electron chi connectivity index (χ4n) is 1.00. The standard InChI is InChI=1S/C7H5N3O2/c11-7(12)5-1-2-9-10-4-3-8-6(5)10/h1-4H,(H,11,12). The Bertz CT molecular complexity index is 435. The van der Waals surface area contributed by atoms with E-state index in [1.165, 1.54) is 23.0 Å². The summed E-state index contributed by atoms with van der Waals surface area (Å²) in [6, 6.07) is 1.42. The number of aromatic carboxylic acids is 1. The van der Waals surface area contributed by atoms with E-state index in [2.05, 4.69) is 10.1 Å². The molecular formula is C7H5N3O2. The minimum Gasteiger partial charge on any atom is -0.478 e. The maximum atomic E-state index is 10.6. The van der Waals surface area contributed by atoms with Gasteiger partial charge in [-0.25, -0.2) is 14.3 Å². The molecule has 0 bridgehead atoms. The van der Waals surface area contributed by atoms with Gasteiger partial charge >= 0.3 is 5.97 Å². The smallest absolute Gasteiger partial charge is 0.339 e. The number of rotatable bonds is 1. The van der Waals surface area contributed by atoms with E-state index in [0.717, 1.165) is 0 Å². The molecule has 2 heterocycles. The summed E-state index contributed by atoms with van der Waals surface area (Å²) in [7, 11) is 0. The van der Waals surface area contributed by atoms with Gasteiger partial charge in [0.15, 0.2) is 5.65 Å². The van der Waals surface area contributed by atoms with E-state index in [1.807, 2.05) is 0 Å². The molecule has 0 unspecified atom stereocenters. The number of imidazole rings is 1. The zero-order chi connectivity index (χ0) is 8.55. The predicted molar refractivity (Wildman–Crippen MR) is 39.9 cm³/mol. The molecule has 0 radical (unpaired) electrons. The Kier molecular flexibility index (Phi) is 1.30. The van der Waals surface area contributed by atoms with Crippen LogP contribution in [0.3, 0.4) is 0 Å². The van der Waals surface area contributed by atoms with Crippen molar-refractivity contribution in [2.75, 3.05) is 0 Å². The van der Waals surface area contributed by atoms with Gasteiger partial charge in [-0.15, -0.1) is 0 Å². The highest BCUT2D eigenvalue weighted by atomic mass is 16.4. The van der Waals surface area contributed by atoms with Gasteiger partial charge in [0.1, 0.15) is 5.56 Å². The molecule has 1 N–H and O–H groups in total. The molecule has 0 amide bonds. The van der Waals surface area contributed by atoms with Crippen LogP contribution in [0.2, 0.25) is 0 Å². The molecule has 5 heteroatoms. The van der Waals surface area contributed by atoms with E-state index < -0.39 is 5.97 Å². The van der Waals surface area contributed by atoms with Crippen LogP contribution in [0.25, 0.3) is 5.65 Å². The van der Waals surface area contributed by atoms with E-state index >= 15 is 0 Å². The Labute approximate surface area is 67.3 Å². The molecule has 2 aromatic heterocycles. The van der Waals surface area contributed by atoms with Gasteiger partial charge in [0, 0.05) is 18.6 Å². The van der Waals surface area contributed by atoms with Crippen molar-refractivity contribution in [2.45, 2.75) is 0 Å². The Morgan fingerprint density at radius 1 is 1.50 bits per heavy atom. The van der Waals surface area contributed by atoms with Crippen molar-refractivity contribution in [1.29, 1.82) is 0 Å². The van der Waals surface area contributed by atoms with Gasteiger partial charge in [-0.1, -0.05) is 0 Å². The van der Waals surface area contributed by atoms with E-state index in [0.29, 0.717) is 5.65 Å². The number of fused-ring (bicyclic) bond motifs is 1. The monoisotopic (exact) mass is 163 g/mol. The second-order valence-electron chi connectivity index (χ2n) is 2.25. The summed E-state index contributed by atoms with van der Waals surface area (Å²) in [5, 5.41) is 12.6. The van der Waals surface area contributed by atoms with E-state index in [9.17, 15) is 4.79 Å². The van der Waals surface area contributed by atoms with E-state index in [-0.39, 0.29) is 5.56 Å². The van der Waals surface area contributed by atoms with Crippen LogP contribution in [-0.4, -0.2) is 25.7 Å². The van der Waals surface area contributed by atoms with Crippen molar-refractivity contribution in [2.24, 2.45) is 0 Å². The fourth-order valence-corrected chi connectivity index (χ4v) is 1.00. The molecule has 0 spiro atoms. The average molecular weight is 163 g/mol. The number of nitrogens with zero attached hydrogens (tertiary/aromatic N) is 3. The Hall–Kier alpha value is -1.91. The summed E-state index contributed by atoms with van der Waals surface area (Å²) in [6.45, 7) is 0. The Morgan fingerprint density at radius 2 is 2.33 bits per heavy atom. The number of carbonyl (C=O) groups is 1. The highest BCUT2D eigenvalue weighted by molar-refractivity contribution is 5.93. The zero-order valence-electron chi connectivity index (χ0n) is 6.01.